The lowest BCUT2D eigenvalue weighted by Crippen LogP contribution is -2.08. The monoisotopic (exact) mass is 247 g/mol. The normalized spacial score (nSPS) is 19.8. The standard InChI is InChI=1S/C12H17N5O/c1-9(2)16-5-3-11(14-16)12-7-17(15-13-12)10-4-6-18-8-10/h3,5,7,9-10H,4,6,8H2,1-2H3/t10-/m0/s1. The first kappa shape index (κ1) is 11.4. The first-order chi connectivity index (χ1) is 8.74. The first-order valence-corrected chi connectivity index (χ1v) is 6.29. The molecule has 0 unspecified atom stereocenters. The molecule has 0 spiro atoms. The molecule has 2 aromatic heterocycles. The molecule has 1 saturated heterocycles. The van der Waals surface area contributed by atoms with Gasteiger partial charge in [-0.2, -0.15) is 5.10 Å². The first-order valence-electron chi connectivity index (χ1n) is 6.29. The molecule has 96 valence electrons. The van der Waals surface area contributed by atoms with Crippen LogP contribution in [0.5, 0.6) is 0 Å². The molecule has 0 amide bonds. The van der Waals surface area contributed by atoms with Crippen molar-refractivity contribution < 1.29 is 4.74 Å². The fourth-order valence-electron chi connectivity index (χ4n) is 2.07. The minimum Gasteiger partial charge on any atom is -0.379 e. The van der Waals surface area contributed by atoms with Crippen LogP contribution in [0.25, 0.3) is 11.4 Å². The van der Waals surface area contributed by atoms with Gasteiger partial charge in [0.2, 0.25) is 0 Å². The van der Waals surface area contributed by atoms with Crippen LogP contribution >= 0.6 is 0 Å². The highest BCUT2D eigenvalue weighted by Gasteiger charge is 2.19. The van der Waals surface area contributed by atoms with Crippen molar-refractivity contribution in [2.24, 2.45) is 0 Å². The number of aromatic nitrogens is 5. The molecule has 0 saturated carbocycles. The fraction of sp³-hybridized carbons (Fsp3) is 0.583. The maximum absolute atomic E-state index is 5.35. The number of ether oxygens (including phenoxy) is 1. The van der Waals surface area contributed by atoms with Crippen LogP contribution < -0.4 is 0 Å². The van der Waals surface area contributed by atoms with Crippen molar-refractivity contribution in [2.75, 3.05) is 13.2 Å². The maximum atomic E-state index is 5.35. The number of rotatable bonds is 3. The van der Waals surface area contributed by atoms with E-state index in [1.807, 2.05) is 27.8 Å². The van der Waals surface area contributed by atoms with E-state index in [0.29, 0.717) is 12.1 Å². The minimum absolute atomic E-state index is 0.318. The highest BCUT2D eigenvalue weighted by atomic mass is 16.5. The summed E-state index contributed by atoms with van der Waals surface area (Å²) in [5, 5.41) is 12.8. The molecule has 6 nitrogen and oxygen atoms in total. The van der Waals surface area contributed by atoms with E-state index in [1.165, 1.54) is 0 Å². The third-order valence-electron chi connectivity index (χ3n) is 3.19. The van der Waals surface area contributed by atoms with Crippen LogP contribution in [-0.2, 0) is 4.74 Å². The smallest absolute Gasteiger partial charge is 0.133 e. The van der Waals surface area contributed by atoms with Gasteiger partial charge in [-0.15, -0.1) is 5.10 Å². The molecule has 0 radical (unpaired) electrons. The summed E-state index contributed by atoms with van der Waals surface area (Å²) in [6.07, 6.45) is 4.92. The molecule has 3 rings (SSSR count). The van der Waals surface area contributed by atoms with Gasteiger partial charge in [0.1, 0.15) is 11.4 Å². The lowest BCUT2D eigenvalue weighted by Gasteiger charge is -2.05. The number of nitrogens with zero attached hydrogens (tertiary/aromatic N) is 5. The summed E-state index contributed by atoms with van der Waals surface area (Å²) in [6, 6.07) is 2.65. The van der Waals surface area contributed by atoms with Gasteiger partial charge < -0.3 is 4.74 Å². The van der Waals surface area contributed by atoms with Gasteiger partial charge >= 0.3 is 0 Å². The summed E-state index contributed by atoms with van der Waals surface area (Å²) in [5.74, 6) is 0. The molecule has 1 aliphatic rings. The lowest BCUT2D eigenvalue weighted by molar-refractivity contribution is 0.184. The zero-order valence-electron chi connectivity index (χ0n) is 10.7. The van der Waals surface area contributed by atoms with Gasteiger partial charge in [0.15, 0.2) is 0 Å². The van der Waals surface area contributed by atoms with Gasteiger partial charge in [-0.05, 0) is 26.3 Å². The lowest BCUT2D eigenvalue weighted by atomic mass is 10.2. The van der Waals surface area contributed by atoms with Crippen molar-refractivity contribution in [3.63, 3.8) is 0 Å². The van der Waals surface area contributed by atoms with E-state index in [9.17, 15) is 0 Å². The second-order valence-corrected chi connectivity index (χ2v) is 4.88. The molecular formula is C12H17N5O. The van der Waals surface area contributed by atoms with Crippen LogP contribution in [0.4, 0.5) is 0 Å². The SMILES string of the molecule is CC(C)n1ccc(-c2cn([C@H]3CCOC3)nn2)n1. The minimum atomic E-state index is 0.318. The van der Waals surface area contributed by atoms with Gasteiger partial charge in [0.25, 0.3) is 0 Å². The van der Waals surface area contributed by atoms with Crippen molar-refractivity contribution in [3.8, 4) is 11.4 Å². The molecule has 0 aromatic carbocycles. The highest BCUT2D eigenvalue weighted by Crippen LogP contribution is 2.21. The fourth-order valence-corrected chi connectivity index (χ4v) is 2.07. The van der Waals surface area contributed by atoms with E-state index >= 15 is 0 Å². The van der Waals surface area contributed by atoms with E-state index in [0.717, 1.165) is 31.0 Å². The summed E-state index contributed by atoms with van der Waals surface area (Å²) < 4.78 is 9.16. The maximum Gasteiger partial charge on any atom is 0.133 e. The Morgan fingerprint density at radius 3 is 2.94 bits per heavy atom. The average molecular weight is 247 g/mol. The molecule has 3 heterocycles. The second-order valence-electron chi connectivity index (χ2n) is 4.88. The molecule has 6 heteroatoms. The van der Waals surface area contributed by atoms with Crippen molar-refractivity contribution in [1.29, 1.82) is 0 Å². The summed E-state index contributed by atoms with van der Waals surface area (Å²) >= 11 is 0. The second kappa shape index (κ2) is 4.53. The zero-order valence-corrected chi connectivity index (χ0v) is 10.7. The Balaban J connectivity index is 1.83. The van der Waals surface area contributed by atoms with Gasteiger partial charge in [0, 0.05) is 18.8 Å². The Morgan fingerprint density at radius 1 is 1.39 bits per heavy atom. The quantitative estimate of drug-likeness (QED) is 0.828. The zero-order chi connectivity index (χ0) is 12.5. The van der Waals surface area contributed by atoms with Gasteiger partial charge in [0.05, 0.1) is 18.8 Å². The molecule has 1 aliphatic heterocycles. The summed E-state index contributed by atoms with van der Waals surface area (Å²) in [5.41, 5.74) is 1.69. The Hall–Kier alpha value is -1.69. The topological polar surface area (TPSA) is 57.8 Å². The Bertz CT molecular complexity index is 524. The molecule has 2 aromatic rings. The molecule has 0 bridgehead atoms. The van der Waals surface area contributed by atoms with Gasteiger partial charge in [-0.1, -0.05) is 5.21 Å². The highest BCUT2D eigenvalue weighted by molar-refractivity contribution is 5.51. The van der Waals surface area contributed by atoms with Crippen LogP contribution in [0.2, 0.25) is 0 Å². The van der Waals surface area contributed by atoms with Crippen molar-refractivity contribution in [3.05, 3.63) is 18.5 Å². The Labute approximate surface area is 106 Å². The van der Waals surface area contributed by atoms with Gasteiger partial charge in [-0.25, -0.2) is 4.68 Å². The molecule has 1 atom stereocenters. The average Bonchev–Trinajstić information content (AvgIpc) is 3.10. The van der Waals surface area contributed by atoms with E-state index in [1.54, 1.807) is 0 Å². The molecule has 18 heavy (non-hydrogen) atoms. The van der Waals surface area contributed by atoms with Crippen LogP contribution in [0.15, 0.2) is 18.5 Å². The Kier molecular flexibility index (Phi) is 2.87. The van der Waals surface area contributed by atoms with Crippen LogP contribution in [0.3, 0.4) is 0 Å². The third kappa shape index (κ3) is 2.03. The van der Waals surface area contributed by atoms with Crippen molar-refractivity contribution in [1.82, 2.24) is 24.8 Å². The number of hydrogen-bond acceptors (Lipinski definition) is 4. The van der Waals surface area contributed by atoms with Crippen molar-refractivity contribution >= 4 is 0 Å². The molecule has 1 fully saturated rings. The Morgan fingerprint density at radius 2 is 2.28 bits per heavy atom. The summed E-state index contributed by atoms with van der Waals surface area (Å²) in [6.45, 7) is 5.73. The largest absolute Gasteiger partial charge is 0.379 e. The van der Waals surface area contributed by atoms with Crippen LogP contribution in [0.1, 0.15) is 32.4 Å². The number of hydrogen-bond donors (Lipinski definition) is 0. The summed E-state index contributed by atoms with van der Waals surface area (Å²) in [4.78, 5) is 0. The van der Waals surface area contributed by atoms with Crippen LogP contribution in [0, 0.1) is 0 Å². The molecule has 0 N–H and O–H groups in total. The summed E-state index contributed by atoms with van der Waals surface area (Å²) in [7, 11) is 0. The molecular weight excluding hydrogens is 230 g/mol. The third-order valence-corrected chi connectivity index (χ3v) is 3.19. The van der Waals surface area contributed by atoms with Gasteiger partial charge in [-0.3, -0.25) is 4.68 Å². The van der Waals surface area contributed by atoms with Crippen LogP contribution in [-0.4, -0.2) is 38.0 Å². The van der Waals surface area contributed by atoms with E-state index in [-0.39, 0.29) is 0 Å². The predicted molar refractivity (Wildman–Crippen MR) is 66.1 cm³/mol. The van der Waals surface area contributed by atoms with E-state index in [4.69, 9.17) is 4.74 Å². The van der Waals surface area contributed by atoms with Crippen molar-refractivity contribution in [2.45, 2.75) is 32.4 Å². The predicted octanol–water partition coefficient (Wildman–Crippen LogP) is 1.68. The molecule has 0 aliphatic carbocycles. The van der Waals surface area contributed by atoms with E-state index < -0.39 is 0 Å². The van der Waals surface area contributed by atoms with E-state index in [2.05, 4.69) is 29.3 Å².